The van der Waals surface area contributed by atoms with Crippen molar-refractivity contribution in [2.45, 2.75) is 32.6 Å². The normalized spacial score (nSPS) is 14.9. The fourth-order valence-electron chi connectivity index (χ4n) is 1.14. The van der Waals surface area contributed by atoms with Gasteiger partial charge in [-0.15, -0.1) is 0 Å². The van der Waals surface area contributed by atoms with Crippen LogP contribution in [0.4, 0.5) is 0 Å². The van der Waals surface area contributed by atoms with Crippen molar-refractivity contribution < 1.29 is 4.21 Å². The van der Waals surface area contributed by atoms with E-state index in [2.05, 4.69) is 0 Å². The molecule has 16 heavy (non-hydrogen) atoms. The number of halogens is 1. The number of hydrogen-bond acceptors (Lipinski definition) is 1. The molecule has 1 nitrogen and oxygen atoms in total. The molecule has 0 spiro atoms. The minimum absolute atomic E-state index is 0.321. The molecule has 0 aliphatic rings. The Morgan fingerprint density at radius 2 is 1.75 bits per heavy atom. The molecular weight excluding hydrogens is 240 g/mol. The Kier molecular flexibility index (Phi) is 4.75. The highest BCUT2D eigenvalue weighted by Crippen LogP contribution is 2.25. The molecule has 0 saturated heterocycles. The van der Waals surface area contributed by atoms with E-state index in [-0.39, 0.29) is 0 Å². The fraction of sp³-hybridized carbons (Fsp3) is 0.385. The Labute approximate surface area is 105 Å². The van der Waals surface area contributed by atoms with E-state index in [0.717, 1.165) is 16.0 Å². The molecule has 1 rings (SSSR count). The van der Waals surface area contributed by atoms with Crippen LogP contribution in [0.15, 0.2) is 39.1 Å². The monoisotopic (exact) mass is 256 g/mol. The Hall–Kier alpha value is -0.600. The van der Waals surface area contributed by atoms with Gasteiger partial charge in [0.05, 0.1) is 10.8 Å². The maximum atomic E-state index is 12.1. The molecule has 0 bridgehead atoms. The van der Waals surface area contributed by atoms with Gasteiger partial charge < -0.3 is 0 Å². The van der Waals surface area contributed by atoms with E-state index in [0.29, 0.717) is 10.3 Å². The highest BCUT2D eigenvalue weighted by molar-refractivity contribution is 7.90. The molecule has 1 aromatic rings. The Bertz CT molecular complexity index is 418. The van der Waals surface area contributed by atoms with Crippen LogP contribution in [0.1, 0.15) is 26.3 Å². The molecule has 0 saturated carbocycles. The van der Waals surface area contributed by atoms with Crippen LogP contribution in [-0.4, -0.2) is 4.21 Å². The average Bonchev–Trinajstić information content (AvgIpc) is 2.27. The van der Waals surface area contributed by atoms with Crippen molar-refractivity contribution in [3.8, 4) is 0 Å². The first-order valence-electron chi connectivity index (χ1n) is 5.28. The van der Waals surface area contributed by atoms with Crippen molar-refractivity contribution >= 4 is 22.4 Å². The van der Waals surface area contributed by atoms with E-state index >= 15 is 0 Å². The van der Waals surface area contributed by atoms with Gasteiger partial charge in [-0.2, -0.15) is 0 Å². The van der Waals surface area contributed by atoms with E-state index in [1.165, 1.54) is 0 Å². The first-order valence-corrected chi connectivity index (χ1v) is 6.81. The number of hydrogen-bond donors (Lipinski definition) is 0. The van der Waals surface area contributed by atoms with Gasteiger partial charge in [-0.25, -0.2) is 4.21 Å². The smallest absolute Gasteiger partial charge is 0.109 e. The molecule has 0 aromatic heterocycles. The van der Waals surface area contributed by atoms with Crippen molar-refractivity contribution in [1.29, 1.82) is 0 Å². The summed E-state index contributed by atoms with van der Waals surface area (Å²) in [4.78, 5) is 0.760. The third-order valence-corrected chi connectivity index (χ3v) is 4.64. The van der Waals surface area contributed by atoms with Gasteiger partial charge in [-0.3, -0.25) is 0 Å². The Balaban J connectivity index is 3.03. The average molecular weight is 257 g/mol. The molecule has 0 N–H and O–H groups in total. The Morgan fingerprint density at radius 3 is 2.19 bits per heavy atom. The van der Waals surface area contributed by atoms with Crippen molar-refractivity contribution in [3.05, 3.63) is 39.8 Å². The summed E-state index contributed by atoms with van der Waals surface area (Å²) < 4.78 is 12.6. The number of benzene rings is 1. The van der Waals surface area contributed by atoms with Gasteiger partial charge in [0.15, 0.2) is 0 Å². The van der Waals surface area contributed by atoms with Gasteiger partial charge >= 0.3 is 0 Å². The quantitative estimate of drug-likeness (QED) is 0.791. The van der Waals surface area contributed by atoms with E-state index in [9.17, 15) is 4.21 Å². The molecule has 0 fully saturated rings. The lowest BCUT2D eigenvalue weighted by atomic mass is 10.1. The molecule has 88 valence electrons. The summed E-state index contributed by atoms with van der Waals surface area (Å²) in [5.74, 6) is 0.321. The SMILES string of the molecule is C/C(=C(\Cl)S(=O)c1ccc(C)cc1)C(C)C. The van der Waals surface area contributed by atoms with E-state index < -0.39 is 10.8 Å². The lowest BCUT2D eigenvalue weighted by Gasteiger charge is -2.09. The molecule has 1 unspecified atom stereocenters. The lowest BCUT2D eigenvalue weighted by molar-refractivity contribution is 0.686. The van der Waals surface area contributed by atoms with Gasteiger partial charge in [0.2, 0.25) is 0 Å². The summed E-state index contributed by atoms with van der Waals surface area (Å²) in [5, 5.41) is 0. The maximum absolute atomic E-state index is 12.1. The van der Waals surface area contributed by atoms with Crippen LogP contribution >= 0.6 is 11.6 Å². The number of rotatable bonds is 3. The van der Waals surface area contributed by atoms with Gasteiger partial charge in [0.1, 0.15) is 4.36 Å². The molecule has 3 heteroatoms. The van der Waals surface area contributed by atoms with Crippen LogP contribution in [0.3, 0.4) is 0 Å². The van der Waals surface area contributed by atoms with Gasteiger partial charge in [-0.05, 0) is 37.5 Å². The summed E-state index contributed by atoms with van der Waals surface area (Å²) in [7, 11) is -1.24. The van der Waals surface area contributed by atoms with Crippen LogP contribution in [0, 0.1) is 12.8 Å². The van der Waals surface area contributed by atoms with Crippen LogP contribution in [0.25, 0.3) is 0 Å². The van der Waals surface area contributed by atoms with Crippen molar-refractivity contribution in [2.75, 3.05) is 0 Å². The molecule has 0 radical (unpaired) electrons. The molecule has 0 aliphatic heterocycles. The predicted octanol–water partition coefficient (Wildman–Crippen LogP) is 4.23. The highest BCUT2D eigenvalue weighted by Gasteiger charge is 2.12. The minimum Gasteiger partial charge on any atom is -0.248 e. The number of allylic oxidation sites excluding steroid dienone is 1. The van der Waals surface area contributed by atoms with Crippen LogP contribution in [0.2, 0.25) is 0 Å². The lowest BCUT2D eigenvalue weighted by Crippen LogP contribution is -1.98. The van der Waals surface area contributed by atoms with Crippen molar-refractivity contribution in [1.82, 2.24) is 0 Å². The third kappa shape index (κ3) is 3.19. The third-order valence-electron chi connectivity index (χ3n) is 2.57. The largest absolute Gasteiger partial charge is 0.248 e. The maximum Gasteiger partial charge on any atom is 0.109 e. The number of aryl methyl sites for hydroxylation is 1. The summed E-state index contributed by atoms with van der Waals surface area (Å²) in [6.07, 6.45) is 0. The minimum atomic E-state index is -1.24. The van der Waals surface area contributed by atoms with E-state index in [1.54, 1.807) is 0 Å². The first kappa shape index (κ1) is 13.5. The summed E-state index contributed by atoms with van der Waals surface area (Å²) in [5.41, 5.74) is 2.14. The molecule has 0 amide bonds. The highest BCUT2D eigenvalue weighted by atomic mass is 35.5. The van der Waals surface area contributed by atoms with Crippen LogP contribution in [-0.2, 0) is 10.8 Å². The second-order valence-electron chi connectivity index (χ2n) is 4.19. The van der Waals surface area contributed by atoms with E-state index in [4.69, 9.17) is 11.6 Å². The summed E-state index contributed by atoms with van der Waals surface area (Å²) in [6, 6.07) is 7.62. The van der Waals surface area contributed by atoms with Crippen molar-refractivity contribution in [3.63, 3.8) is 0 Å². The molecule has 0 aliphatic carbocycles. The van der Waals surface area contributed by atoms with Gasteiger partial charge in [0.25, 0.3) is 0 Å². The van der Waals surface area contributed by atoms with Gasteiger partial charge in [0, 0.05) is 4.90 Å². The van der Waals surface area contributed by atoms with Crippen LogP contribution < -0.4 is 0 Å². The van der Waals surface area contributed by atoms with Crippen LogP contribution in [0.5, 0.6) is 0 Å². The zero-order valence-electron chi connectivity index (χ0n) is 10.1. The summed E-state index contributed by atoms with van der Waals surface area (Å²) in [6.45, 7) is 8.02. The second-order valence-corrected chi connectivity index (χ2v) is 6.21. The topological polar surface area (TPSA) is 17.1 Å². The van der Waals surface area contributed by atoms with E-state index in [1.807, 2.05) is 52.0 Å². The molecule has 1 aromatic carbocycles. The van der Waals surface area contributed by atoms with Crippen molar-refractivity contribution in [2.24, 2.45) is 5.92 Å². The molecular formula is C13H17ClOS. The predicted molar refractivity (Wildman–Crippen MR) is 71.0 cm³/mol. The fourth-order valence-corrected chi connectivity index (χ4v) is 2.74. The molecule has 1 atom stereocenters. The standard InChI is InChI=1S/C13H17ClOS/c1-9(2)11(4)13(14)16(15)12-7-5-10(3)6-8-12/h5-9H,1-4H3/b13-11-. The summed E-state index contributed by atoms with van der Waals surface area (Å²) >= 11 is 6.13. The first-order chi connectivity index (χ1) is 7.43. The zero-order chi connectivity index (χ0) is 12.3. The molecule has 0 heterocycles. The van der Waals surface area contributed by atoms with Gasteiger partial charge in [-0.1, -0.05) is 43.1 Å². The second kappa shape index (κ2) is 5.65. The zero-order valence-corrected chi connectivity index (χ0v) is 11.7. The Morgan fingerprint density at radius 1 is 1.25 bits per heavy atom.